The molecule has 4 heteroatoms. The lowest BCUT2D eigenvalue weighted by atomic mass is 10.1. The Labute approximate surface area is 121 Å². The molecule has 0 amide bonds. The van der Waals surface area contributed by atoms with Crippen molar-refractivity contribution in [2.75, 3.05) is 0 Å². The van der Waals surface area contributed by atoms with Crippen molar-refractivity contribution in [2.24, 2.45) is 0 Å². The van der Waals surface area contributed by atoms with Gasteiger partial charge in [0.2, 0.25) is 0 Å². The van der Waals surface area contributed by atoms with Gasteiger partial charge < -0.3 is 0 Å². The van der Waals surface area contributed by atoms with Crippen molar-refractivity contribution in [2.45, 2.75) is 25.8 Å². The molecule has 3 aromatic rings. The van der Waals surface area contributed by atoms with Crippen LogP contribution in [0, 0.1) is 0 Å². The van der Waals surface area contributed by atoms with Crippen molar-refractivity contribution < 1.29 is 0 Å². The maximum atomic E-state index is 12.2. The Kier molecular flexibility index (Phi) is 3.92. The van der Waals surface area contributed by atoms with Gasteiger partial charge in [-0.15, -0.1) is 0 Å². The second-order valence-electron chi connectivity index (χ2n) is 4.81. The van der Waals surface area contributed by atoms with Crippen LogP contribution < -0.4 is 5.56 Å². The van der Waals surface area contributed by atoms with Gasteiger partial charge >= 0.3 is 0 Å². The minimum absolute atomic E-state index is 0.148. The number of unbranched alkanes of at least 4 members (excludes halogenated alkanes) is 1. The molecule has 102 valence electrons. The van der Waals surface area contributed by atoms with Gasteiger partial charge in [-0.3, -0.25) is 13.7 Å². The van der Waals surface area contributed by atoms with Crippen molar-refractivity contribution in [3.8, 4) is 0 Å². The van der Waals surface area contributed by atoms with Gasteiger partial charge in [0.05, 0.1) is 10.1 Å². The lowest BCUT2D eigenvalue weighted by Crippen LogP contribution is -2.12. The number of fused-ring (bicyclic) bond motifs is 1. The molecule has 2 aromatic heterocycles. The van der Waals surface area contributed by atoms with E-state index in [1.165, 1.54) is 5.56 Å². The van der Waals surface area contributed by atoms with Crippen LogP contribution in [-0.4, -0.2) is 8.94 Å². The smallest absolute Gasteiger partial charge is 0.268 e. The van der Waals surface area contributed by atoms with Gasteiger partial charge in [0, 0.05) is 18.9 Å². The number of rotatable bonds is 5. The lowest BCUT2D eigenvalue weighted by Gasteiger charge is -2.01. The highest BCUT2D eigenvalue weighted by molar-refractivity contribution is 7.13. The number of aromatic nitrogens is 2. The number of hydrogen-bond acceptors (Lipinski definition) is 3. The monoisotopic (exact) mass is 284 g/mol. The third-order valence-electron chi connectivity index (χ3n) is 3.38. The molecule has 0 spiro atoms. The van der Waals surface area contributed by atoms with Gasteiger partial charge in [-0.05, 0) is 49.1 Å². The number of pyridine rings is 1. The van der Waals surface area contributed by atoms with Crippen LogP contribution in [0.2, 0.25) is 0 Å². The molecule has 0 N–H and O–H groups in total. The first kappa shape index (κ1) is 13.1. The highest BCUT2D eigenvalue weighted by Crippen LogP contribution is 2.16. The molecule has 1 aromatic carbocycles. The van der Waals surface area contributed by atoms with E-state index in [0.29, 0.717) is 0 Å². The average Bonchev–Trinajstić information content (AvgIpc) is 2.82. The molecule has 20 heavy (non-hydrogen) atoms. The lowest BCUT2D eigenvalue weighted by molar-refractivity contribution is 0.632. The van der Waals surface area contributed by atoms with Gasteiger partial charge in [0.25, 0.3) is 5.56 Å². The maximum absolute atomic E-state index is 12.2. The largest absolute Gasteiger partial charge is 0.268 e. The molecule has 0 aliphatic carbocycles. The van der Waals surface area contributed by atoms with E-state index in [-0.39, 0.29) is 5.56 Å². The highest BCUT2D eigenvalue weighted by Gasteiger charge is 2.05. The minimum atomic E-state index is 0.148. The van der Waals surface area contributed by atoms with Gasteiger partial charge in [-0.2, -0.15) is 0 Å². The van der Waals surface area contributed by atoms with Crippen LogP contribution in [0.15, 0.2) is 53.6 Å². The second kappa shape index (κ2) is 6.01. The Bertz CT molecular complexity index is 746. The van der Waals surface area contributed by atoms with Crippen LogP contribution in [0.25, 0.3) is 10.1 Å². The summed E-state index contributed by atoms with van der Waals surface area (Å²) in [6.07, 6.45) is 6.81. The Hall–Kier alpha value is -1.94. The molecule has 0 aliphatic heterocycles. The van der Waals surface area contributed by atoms with E-state index in [1.807, 2.05) is 52.7 Å². The summed E-state index contributed by atoms with van der Waals surface area (Å²) >= 11 is 1.56. The summed E-state index contributed by atoms with van der Waals surface area (Å²) in [6.45, 7) is 0.809. The fourth-order valence-corrected chi connectivity index (χ4v) is 3.33. The third kappa shape index (κ3) is 2.80. The Morgan fingerprint density at radius 3 is 2.65 bits per heavy atom. The molecule has 0 saturated heterocycles. The zero-order chi connectivity index (χ0) is 13.8. The number of benzene rings is 1. The molecule has 2 heterocycles. The molecule has 0 aliphatic rings. The Morgan fingerprint density at radius 2 is 1.85 bits per heavy atom. The van der Waals surface area contributed by atoms with E-state index in [2.05, 4.69) is 4.98 Å². The van der Waals surface area contributed by atoms with E-state index in [0.717, 1.165) is 35.9 Å². The summed E-state index contributed by atoms with van der Waals surface area (Å²) in [5, 5.41) is 0.839. The SMILES string of the molecule is O=c1c2ccccc2sn1CCCCc1ccncc1. The van der Waals surface area contributed by atoms with Gasteiger partial charge in [0.15, 0.2) is 0 Å². The first-order valence-corrected chi connectivity index (χ1v) is 7.60. The van der Waals surface area contributed by atoms with Crippen LogP contribution in [-0.2, 0) is 13.0 Å². The van der Waals surface area contributed by atoms with Gasteiger partial charge in [-0.25, -0.2) is 0 Å². The molecule has 3 nitrogen and oxygen atoms in total. The van der Waals surface area contributed by atoms with E-state index in [9.17, 15) is 4.79 Å². The average molecular weight is 284 g/mol. The van der Waals surface area contributed by atoms with Crippen LogP contribution in [0.3, 0.4) is 0 Å². The zero-order valence-corrected chi connectivity index (χ0v) is 12.0. The van der Waals surface area contributed by atoms with Crippen LogP contribution >= 0.6 is 11.5 Å². The van der Waals surface area contributed by atoms with Crippen molar-refractivity contribution in [3.63, 3.8) is 0 Å². The highest BCUT2D eigenvalue weighted by atomic mass is 32.1. The molecule has 0 atom stereocenters. The van der Waals surface area contributed by atoms with Gasteiger partial charge in [-0.1, -0.05) is 23.7 Å². The zero-order valence-electron chi connectivity index (χ0n) is 11.2. The molecule has 0 saturated carbocycles. The van der Waals surface area contributed by atoms with Crippen LogP contribution in [0.5, 0.6) is 0 Å². The van der Waals surface area contributed by atoms with Crippen molar-refractivity contribution >= 4 is 21.6 Å². The molecule has 0 unspecified atom stereocenters. The predicted molar refractivity (Wildman–Crippen MR) is 83.3 cm³/mol. The fraction of sp³-hybridized carbons (Fsp3) is 0.250. The quantitative estimate of drug-likeness (QED) is 0.672. The standard InChI is InChI=1S/C16H16N2OS/c19-16-14-6-1-2-7-15(14)20-18(16)12-4-3-5-13-8-10-17-11-9-13/h1-2,6-11H,3-5,12H2. The van der Waals surface area contributed by atoms with E-state index >= 15 is 0 Å². The molecule has 0 radical (unpaired) electrons. The van der Waals surface area contributed by atoms with E-state index < -0.39 is 0 Å². The van der Waals surface area contributed by atoms with Crippen LogP contribution in [0.4, 0.5) is 0 Å². The van der Waals surface area contributed by atoms with Crippen LogP contribution in [0.1, 0.15) is 18.4 Å². The number of hydrogen-bond donors (Lipinski definition) is 0. The molecule has 3 rings (SSSR count). The van der Waals surface area contributed by atoms with Gasteiger partial charge in [0.1, 0.15) is 0 Å². The summed E-state index contributed by atoms with van der Waals surface area (Å²) in [5.74, 6) is 0. The first-order valence-electron chi connectivity index (χ1n) is 6.82. The molecule has 0 bridgehead atoms. The predicted octanol–water partition coefficient (Wildman–Crippen LogP) is 3.48. The first-order chi connectivity index (χ1) is 9.84. The third-order valence-corrected chi connectivity index (χ3v) is 4.50. The maximum Gasteiger partial charge on any atom is 0.268 e. The minimum Gasteiger partial charge on any atom is -0.268 e. The summed E-state index contributed by atoms with van der Waals surface area (Å²) in [5.41, 5.74) is 1.46. The van der Waals surface area contributed by atoms with E-state index in [1.54, 1.807) is 11.5 Å². The topological polar surface area (TPSA) is 34.9 Å². The molecular weight excluding hydrogens is 268 g/mol. The molecular formula is C16H16N2OS. The van der Waals surface area contributed by atoms with Crippen molar-refractivity contribution in [3.05, 3.63) is 64.7 Å². The summed E-state index contributed by atoms with van der Waals surface area (Å²) in [7, 11) is 0. The summed E-state index contributed by atoms with van der Waals surface area (Å²) < 4.78 is 2.95. The second-order valence-corrected chi connectivity index (χ2v) is 5.87. The summed E-state index contributed by atoms with van der Waals surface area (Å²) in [4.78, 5) is 16.2. The number of aryl methyl sites for hydroxylation is 2. The van der Waals surface area contributed by atoms with E-state index in [4.69, 9.17) is 0 Å². The fourth-order valence-electron chi connectivity index (χ4n) is 2.30. The van der Waals surface area contributed by atoms with Crippen molar-refractivity contribution in [1.82, 2.24) is 8.94 Å². The van der Waals surface area contributed by atoms with Crippen molar-refractivity contribution in [1.29, 1.82) is 0 Å². The number of nitrogens with zero attached hydrogens (tertiary/aromatic N) is 2. The molecule has 0 fully saturated rings. The Morgan fingerprint density at radius 1 is 1.05 bits per heavy atom. The normalized spacial score (nSPS) is 11.0. The summed E-state index contributed by atoms with van der Waals surface area (Å²) in [6, 6.07) is 11.9. The Balaban J connectivity index is 1.60.